The molecule has 7 heteroatoms. The standard InChI is InChI=1S/C10H9F2N3O2/c1-15-10(13)4(3-14-15)7-8(11)5(16)2-6(17)9(7)12/h2-3,16-17H,13H2,1H3. The van der Waals surface area contributed by atoms with Gasteiger partial charge in [-0.05, 0) is 0 Å². The summed E-state index contributed by atoms with van der Waals surface area (Å²) in [6.07, 6.45) is 1.15. The number of aromatic hydroxyl groups is 2. The quantitative estimate of drug-likeness (QED) is 0.703. The van der Waals surface area contributed by atoms with Crippen molar-refractivity contribution < 1.29 is 19.0 Å². The maximum atomic E-state index is 13.6. The number of benzene rings is 1. The highest BCUT2D eigenvalue weighted by atomic mass is 19.1. The van der Waals surface area contributed by atoms with Gasteiger partial charge in [0, 0.05) is 18.7 Å². The molecule has 0 aliphatic carbocycles. The van der Waals surface area contributed by atoms with Crippen LogP contribution in [0.4, 0.5) is 14.6 Å². The van der Waals surface area contributed by atoms with E-state index >= 15 is 0 Å². The van der Waals surface area contributed by atoms with Crippen molar-refractivity contribution in [3.63, 3.8) is 0 Å². The van der Waals surface area contributed by atoms with Crippen LogP contribution in [0.5, 0.6) is 11.5 Å². The summed E-state index contributed by atoms with van der Waals surface area (Å²) in [5, 5.41) is 22.1. The first-order chi connectivity index (χ1) is 7.93. The number of nitrogen functional groups attached to an aromatic ring is 1. The van der Waals surface area contributed by atoms with Gasteiger partial charge in [-0.3, -0.25) is 4.68 Å². The van der Waals surface area contributed by atoms with Crippen LogP contribution in [0.25, 0.3) is 11.1 Å². The van der Waals surface area contributed by atoms with Gasteiger partial charge in [0.1, 0.15) is 5.82 Å². The molecular weight excluding hydrogens is 232 g/mol. The molecule has 0 saturated carbocycles. The van der Waals surface area contributed by atoms with Crippen molar-refractivity contribution in [2.24, 2.45) is 7.05 Å². The monoisotopic (exact) mass is 241 g/mol. The number of aromatic nitrogens is 2. The normalized spacial score (nSPS) is 10.8. The first-order valence-corrected chi connectivity index (χ1v) is 4.61. The molecule has 1 aromatic heterocycles. The zero-order valence-corrected chi connectivity index (χ0v) is 8.78. The Morgan fingerprint density at radius 3 is 2.18 bits per heavy atom. The Kier molecular flexibility index (Phi) is 2.38. The SMILES string of the molecule is Cn1ncc(-c2c(F)c(O)cc(O)c2F)c1N. The van der Waals surface area contributed by atoms with Crippen molar-refractivity contribution >= 4 is 5.82 Å². The average Bonchev–Trinajstić information content (AvgIpc) is 2.59. The topological polar surface area (TPSA) is 84.3 Å². The van der Waals surface area contributed by atoms with Gasteiger partial charge in [0.05, 0.1) is 11.8 Å². The molecule has 0 radical (unpaired) electrons. The minimum absolute atomic E-state index is 0.0211. The van der Waals surface area contributed by atoms with Crippen LogP contribution in [0.1, 0.15) is 0 Å². The van der Waals surface area contributed by atoms with Crippen LogP contribution in [0.2, 0.25) is 0 Å². The van der Waals surface area contributed by atoms with Crippen molar-refractivity contribution in [2.75, 3.05) is 5.73 Å². The van der Waals surface area contributed by atoms with Crippen LogP contribution in [0.3, 0.4) is 0 Å². The molecule has 2 aromatic rings. The lowest BCUT2D eigenvalue weighted by Gasteiger charge is -2.07. The molecule has 0 aliphatic rings. The fourth-order valence-corrected chi connectivity index (χ4v) is 1.48. The largest absolute Gasteiger partial charge is 0.505 e. The number of rotatable bonds is 1. The molecule has 0 saturated heterocycles. The molecule has 0 atom stereocenters. The van der Waals surface area contributed by atoms with Crippen LogP contribution < -0.4 is 5.73 Å². The Hall–Kier alpha value is -2.31. The van der Waals surface area contributed by atoms with E-state index in [2.05, 4.69) is 5.10 Å². The summed E-state index contributed by atoms with van der Waals surface area (Å²) in [6.45, 7) is 0. The summed E-state index contributed by atoms with van der Waals surface area (Å²) in [5.74, 6) is -4.09. The molecule has 0 fully saturated rings. The summed E-state index contributed by atoms with van der Waals surface area (Å²) in [5.41, 5.74) is 4.94. The van der Waals surface area contributed by atoms with E-state index in [9.17, 15) is 19.0 Å². The summed E-state index contributed by atoms with van der Waals surface area (Å²) >= 11 is 0. The molecule has 1 heterocycles. The highest BCUT2D eigenvalue weighted by Gasteiger charge is 2.22. The molecular formula is C10H9F2N3O2. The zero-order chi connectivity index (χ0) is 12.7. The van der Waals surface area contributed by atoms with Gasteiger partial charge in [-0.1, -0.05) is 0 Å². The predicted octanol–water partition coefficient (Wildman–Crippen LogP) is 1.36. The number of nitrogens with zero attached hydrogens (tertiary/aromatic N) is 2. The Morgan fingerprint density at radius 1 is 1.24 bits per heavy atom. The van der Waals surface area contributed by atoms with Crippen molar-refractivity contribution in [3.8, 4) is 22.6 Å². The highest BCUT2D eigenvalue weighted by molar-refractivity contribution is 5.76. The van der Waals surface area contributed by atoms with Gasteiger partial charge in [0.25, 0.3) is 0 Å². The predicted molar refractivity (Wildman–Crippen MR) is 56.3 cm³/mol. The minimum atomic E-state index is -1.19. The first kappa shape index (κ1) is 11.2. The van der Waals surface area contributed by atoms with Crippen molar-refractivity contribution in [2.45, 2.75) is 0 Å². The number of phenolic OH excluding ortho intramolecular Hbond substituents is 2. The molecule has 4 N–H and O–H groups in total. The smallest absolute Gasteiger partial charge is 0.176 e. The number of halogens is 2. The third-order valence-corrected chi connectivity index (χ3v) is 2.42. The Balaban J connectivity index is 2.79. The van der Waals surface area contributed by atoms with Crippen molar-refractivity contribution in [3.05, 3.63) is 23.9 Å². The van der Waals surface area contributed by atoms with E-state index in [1.54, 1.807) is 0 Å². The van der Waals surface area contributed by atoms with Gasteiger partial charge in [0.2, 0.25) is 0 Å². The molecule has 17 heavy (non-hydrogen) atoms. The Bertz CT molecular complexity index is 569. The zero-order valence-electron chi connectivity index (χ0n) is 8.78. The van der Waals surface area contributed by atoms with E-state index in [4.69, 9.17) is 5.73 Å². The molecule has 0 aliphatic heterocycles. The van der Waals surface area contributed by atoms with Gasteiger partial charge in [-0.2, -0.15) is 5.10 Å². The molecule has 2 rings (SSSR count). The second kappa shape index (κ2) is 3.62. The van der Waals surface area contributed by atoms with E-state index in [1.807, 2.05) is 0 Å². The van der Waals surface area contributed by atoms with E-state index in [0.29, 0.717) is 6.07 Å². The maximum Gasteiger partial charge on any atom is 0.176 e. The van der Waals surface area contributed by atoms with E-state index in [0.717, 1.165) is 6.20 Å². The molecule has 0 bridgehead atoms. The van der Waals surface area contributed by atoms with Gasteiger partial charge in [0.15, 0.2) is 23.1 Å². The van der Waals surface area contributed by atoms with E-state index < -0.39 is 28.7 Å². The second-order valence-corrected chi connectivity index (χ2v) is 3.48. The molecule has 0 unspecified atom stereocenters. The second-order valence-electron chi connectivity index (χ2n) is 3.48. The van der Waals surface area contributed by atoms with Crippen molar-refractivity contribution in [1.82, 2.24) is 9.78 Å². The van der Waals surface area contributed by atoms with Crippen molar-refractivity contribution in [1.29, 1.82) is 0 Å². The van der Waals surface area contributed by atoms with Gasteiger partial charge < -0.3 is 15.9 Å². The molecule has 1 aromatic carbocycles. The summed E-state index contributed by atoms with van der Waals surface area (Å²) in [6, 6.07) is 0.584. The summed E-state index contributed by atoms with van der Waals surface area (Å²) in [4.78, 5) is 0. The number of aryl methyl sites for hydroxylation is 1. The third kappa shape index (κ3) is 1.55. The fourth-order valence-electron chi connectivity index (χ4n) is 1.48. The van der Waals surface area contributed by atoms with Gasteiger partial charge in [-0.25, -0.2) is 8.78 Å². The molecule has 0 spiro atoms. The number of anilines is 1. The van der Waals surface area contributed by atoms with Gasteiger partial charge in [-0.15, -0.1) is 0 Å². The van der Waals surface area contributed by atoms with E-state index in [-0.39, 0.29) is 11.4 Å². The minimum Gasteiger partial charge on any atom is -0.505 e. The number of nitrogens with two attached hydrogens (primary N) is 1. The summed E-state index contributed by atoms with van der Waals surface area (Å²) in [7, 11) is 1.50. The molecule has 5 nitrogen and oxygen atoms in total. The Morgan fingerprint density at radius 2 is 1.76 bits per heavy atom. The number of hydrogen-bond donors (Lipinski definition) is 3. The number of hydrogen-bond acceptors (Lipinski definition) is 4. The molecule has 0 amide bonds. The third-order valence-electron chi connectivity index (χ3n) is 2.42. The van der Waals surface area contributed by atoms with Crippen LogP contribution in [-0.2, 0) is 7.05 Å². The average molecular weight is 241 g/mol. The number of phenols is 2. The maximum absolute atomic E-state index is 13.6. The first-order valence-electron chi connectivity index (χ1n) is 4.61. The van der Waals surface area contributed by atoms with Crippen LogP contribution >= 0.6 is 0 Å². The lowest BCUT2D eigenvalue weighted by atomic mass is 10.1. The van der Waals surface area contributed by atoms with E-state index in [1.165, 1.54) is 11.7 Å². The highest BCUT2D eigenvalue weighted by Crippen LogP contribution is 2.38. The van der Waals surface area contributed by atoms with Crippen LogP contribution in [-0.4, -0.2) is 20.0 Å². The van der Waals surface area contributed by atoms with Gasteiger partial charge >= 0.3 is 0 Å². The molecule has 90 valence electrons. The summed E-state index contributed by atoms with van der Waals surface area (Å²) < 4.78 is 28.5. The fraction of sp³-hybridized carbons (Fsp3) is 0.100. The van der Waals surface area contributed by atoms with Crippen LogP contribution in [0, 0.1) is 11.6 Å². The lowest BCUT2D eigenvalue weighted by molar-refractivity contribution is 0.399. The Labute approximate surface area is 94.7 Å². The lowest BCUT2D eigenvalue weighted by Crippen LogP contribution is -1.99. The van der Waals surface area contributed by atoms with Crippen LogP contribution in [0.15, 0.2) is 12.3 Å².